The molecule has 3 rings (SSSR count). The van der Waals surface area contributed by atoms with Crippen LogP contribution < -0.4 is 5.32 Å². The Morgan fingerprint density at radius 3 is 2.78 bits per heavy atom. The molecule has 0 spiro atoms. The number of hydrogen-bond donors (Lipinski definition) is 1. The second-order valence-corrected chi connectivity index (χ2v) is 6.15. The molecule has 0 bridgehead atoms. The molecule has 3 nitrogen and oxygen atoms in total. The van der Waals surface area contributed by atoms with Gasteiger partial charge in [-0.25, -0.2) is 4.39 Å². The highest BCUT2D eigenvalue weighted by molar-refractivity contribution is 6.30. The van der Waals surface area contributed by atoms with E-state index in [0.717, 1.165) is 19.5 Å². The van der Waals surface area contributed by atoms with E-state index in [2.05, 4.69) is 28.4 Å². The van der Waals surface area contributed by atoms with Crippen molar-refractivity contribution in [1.29, 1.82) is 0 Å². The summed E-state index contributed by atoms with van der Waals surface area (Å²) in [7, 11) is 0. The summed E-state index contributed by atoms with van der Waals surface area (Å²) in [6.45, 7) is 2.47. The van der Waals surface area contributed by atoms with Gasteiger partial charge in [0.25, 0.3) is 0 Å². The lowest BCUT2D eigenvalue weighted by Crippen LogP contribution is -2.33. The fourth-order valence-corrected chi connectivity index (χ4v) is 2.97. The van der Waals surface area contributed by atoms with Crippen LogP contribution in [0, 0.1) is 5.82 Å². The van der Waals surface area contributed by atoms with Gasteiger partial charge in [0.15, 0.2) is 0 Å². The van der Waals surface area contributed by atoms with Gasteiger partial charge in [-0.2, -0.15) is 0 Å². The number of carbonyl (C=O) groups excluding carboxylic acids is 1. The largest absolute Gasteiger partial charge is 0.324 e. The summed E-state index contributed by atoms with van der Waals surface area (Å²) in [5, 5.41) is 2.91. The number of nitrogens with zero attached hydrogens (tertiary/aromatic N) is 1. The number of carbonyl (C=O) groups is 1. The third-order valence-electron chi connectivity index (χ3n) is 4.07. The van der Waals surface area contributed by atoms with E-state index in [1.54, 1.807) is 6.07 Å². The van der Waals surface area contributed by atoms with Gasteiger partial charge in [0.1, 0.15) is 5.82 Å². The minimum Gasteiger partial charge on any atom is -0.324 e. The number of amides is 1. The number of nitrogens with one attached hydrogen (secondary N) is 1. The van der Waals surface area contributed by atoms with Crippen LogP contribution in [0.5, 0.6) is 0 Å². The summed E-state index contributed by atoms with van der Waals surface area (Å²) >= 11 is 5.70. The highest BCUT2D eigenvalue weighted by Gasteiger charge is 2.16. The number of rotatable bonds is 4. The molecule has 1 aliphatic rings. The first-order valence-electron chi connectivity index (χ1n) is 7.66. The van der Waals surface area contributed by atoms with Crippen molar-refractivity contribution in [1.82, 2.24) is 4.90 Å². The Labute approximate surface area is 140 Å². The van der Waals surface area contributed by atoms with Gasteiger partial charge in [-0.15, -0.1) is 0 Å². The van der Waals surface area contributed by atoms with Crippen LogP contribution in [0.15, 0.2) is 42.5 Å². The zero-order chi connectivity index (χ0) is 16.2. The zero-order valence-electron chi connectivity index (χ0n) is 12.7. The molecule has 0 radical (unpaired) electrons. The van der Waals surface area contributed by atoms with Crippen molar-refractivity contribution in [3.63, 3.8) is 0 Å². The van der Waals surface area contributed by atoms with E-state index >= 15 is 0 Å². The van der Waals surface area contributed by atoms with Crippen molar-refractivity contribution >= 4 is 23.2 Å². The molecule has 0 aromatic heterocycles. The summed E-state index contributed by atoms with van der Waals surface area (Å²) in [5.74, 6) is -0.706. The monoisotopic (exact) mass is 332 g/mol. The number of fused-ring (bicyclic) bond motifs is 1. The Hall–Kier alpha value is -1.91. The molecule has 5 heteroatoms. The van der Waals surface area contributed by atoms with Crippen LogP contribution in [0.2, 0.25) is 5.02 Å². The number of benzene rings is 2. The van der Waals surface area contributed by atoms with Gasteiger partial charge in [0.2, 0.25) is 5.91 Å². The van der Waals surface area contributed by atoms with Gasteiger partial charge in [0.05, 0.1) is 5.69 Å². The first-order valence-corrected chi connectivity index (χ1v) is 8.03. The van der Waals surface area contributed by atoms with Crippen LogP contribution in [0.3, 0.4) is 0 Å². The van der Waals surface area contributed by atoms with E-state index in [1.807, 2.05) is 6.07 Å². The molecule has 0 saturated heterocycles. The first-order chi connectivity index (χ1) is 11.1. The lowest BCUT2D eigenvalue weighted by Gasteiger charge is -2.28. The molecular formula is C18H18ClFN2O. The highest BCUT2D eigenvalue weighted by atomic mass is 35.5. The Morgan fingerprint density at radius 2 is 2.00 bits per heavy atom. The maximum absolute atomic E-state index is 13.7. The van der Waals surface area contributed by atoms with Gasteiger partial charge >= 0.3 is 0 Å². The predicted octanol–water partition coefficient (Wildman–Crippen LogP) is 3.87. The summed E-state index contributed by atoms with van der Waals surface area (Å²) in [5.41, 5.74) is 2.88. The molecule has 1 amide bonds. The molecule has 0 unspecified atom stereocenters. The average Bonchev–Trinajstić information content (AvgIpc) is 2.55. The molecule has 23 heavy (non-hydrogen) atoms. The molecule has 1 N–H and O–H groups in total. The molecule has 1 aliphatic heterocycles. The normalized spacial score (nSPS) is 14.3. The molecular weight excluding hydrogens is 315 g/mol. The Balaban J connectivity index is 1.52. The van der Waals surface area contributed by atoms with E-state index < -0.39 is 5.82 Å². The van der Waals surface area contributed by atoms with Crippen LogP contribution in [0.4, 0.5) is 10.1 Å². The SMILES string of the molecule is O=C(CCN1CCc2ccccc2C1)Nc1ccc(Cl)cc1F. The van der Waals surface area contributed by atoms with Gasteiger partial charge in [-0.3, -0.25) is 9.69 Å². The third-order valence-corrected chi connectivity index (χ3v) is 4.31. The number of halogens is 2. The molecule has 120 valence electrons. The second kappa shape index (κ2) is 7.11. The Morgan fingerprint density at radius 1 is 1.22 bits per heavy atom. The lowest BCUT2D eigenvalue weighted by atomic mass is 10.00. The van der Waals surface area contributed by atoms with Crippen LogP contribution in [0.1, 0.15) is 17.5 Å². The molecule has 1 heterocycles. The molecule has 2 aromatic rings. The quantitative estimate of drug-likeness (QED) is 0.922. The van der Waals surface area contributed by atoms with Crippen molar-refractivity contribution in [3.8, 4) is 0 Å². The maximum atomic E-state index is 13.7. The molecule has 0 aliphatic carbocycles. The fourth-order valence-electron chi connectivity index (χ4n) is 2.81. The van der Waals surface area contributed by atoms with Crippen molar-refractivity contribution in [2.75, 3.05) is 18.4 Å². The molecule has 0 saturated carbocycles. The van der Waals surface area contributed by atoms with E-state index in [-0.39, 0.29) is 11.6 Å². The maximum Gasteiger partial charge on any atom is 0.225 e. The van der Waals surface area contributed by atoms with Crippen molar-refractivity contribution < 1.29 is 9.18 Å². The smallest absolute Gasteiger partial charge is 0.225 e. The summed E-state index contributed by atoms with van der Waals surface area (Å²) < 4.78 is 13.7. The summed E-state index contributed by atoms with van der Waals surface area (Å²) in [6.07, 6.45) is 1.34. The third kappa shape index (κ3) is 4.09. The molecule has 0 fully saturated rings. The predicted molar refractivity (Wildman–Crippen MR) is 90.1 cm³/mol. The van der Waals surface area contributed by atoms with E-state index in [4.69, 9.17) is 11.6 Å². The van der Waals surface area contributed by atoms with Crippen molar-refractivity contribution in [2.45, 2.75) is 19.4 Å². The minimum absolute atomic E-state index is 0.170. The lowest BCUT2D eigenvalue weighted by molar-refractivity contribution is -0.116. The Bertz CT molecular complexity index is 720. The standard InChI is InChI=1S/C18H18ClFN2O/c19-15-5-6-17(16(20)11-15)21-18(23)8-10-22-9-7-13-3-1-2-4-14(13)12-22/h1-6,11H,7-10,12H2,(H,21,23). The van der Waals surface area contributed by atoms with Crippen molar-refractivity contribution in [2.24, 2.45) is 0 Å². The number of hydrogen-bond acceptors (Lipinski definition) is 2. The van der Waals surface area contributed by atoms with Gasteiger partial charge in [-0.05, 0) is 35.7 Å². The summed E-state index contributed by atoms with van der Waals surface area (Å²) in [6, 6.07) is 12.6. The van der Waals surface area contributed by atoms with Gasteiger partial charge < -0.3 is 5.32 Å². The van der Waals surface area contributed by atoms with Crippen LogP contribution in [-0.4, -0.2) is 23.9 Å². The second-order valence-electron chi connectivity index (χ2n) is 5.72. The topological polar surface area (TPSA) is 32.3 Å². The van der Waals surface area contributed by atoms with E-state index in [0.29, 0.717) is 18.0 Å². The molecule has 2 aromatic carbocycles. The number of anilines is 1. The first kappa shape index (κ1) is 16.0. The Kier molecular flexibility index (Phi) is 4.94. The minimum atomic E-state index is -0.516. The van der Waals surface area contributed by atoms with E-state index in [9.17, 15) is 9.18 Å². The highest BCUT2D eigenvalue weighted by Crippen LogP contribution is 2.20. The fraction of sp³-hybridized carbons (Fsp3) is 0.278. The molecule has 0 atom stereocenters. The van der Waals surface area contributed by atoms with Crippen molar-refractivity contribution in [3.05, 3.63) is 64.4 Å². The van der Waals surface area contributed by atoms with Crippen LogP contribution in [0.25, 0.3) is 0 Å². The van der Waals surface area contributed by atoms with Crippen LogP contribution in [-0.2, 0) is 17.8 Å². The van der Waals surface area contributed by atoms with Gasteiger partial charge in [0, 0.05) is 31.1 Å². The zero-order valence-corrected chi connectivity index (χ0v) is 13.4. The summed E-state index contributed by atoms with van der Waals surface area (Å²) in [4.78, 5) is 14.3. The van der Waals surface area contributed by atoms with Gasteiger partial charge in [-0.1, -0.05) is 35.9 Å². The van der Waals surface area contributed by atoms with Crippen LogP contribution >= 0.6 is 11.6 Å². The van der Waals surface area contributed by atoms with E-state index in [1.165, 1.54) is 23.3 Å². The average molecular weight is 333 g/mol.